The van der Waals surface area contributed by atoms with Crippen molar-refractivity contribution in [1.29, 1.82) is 0 Å². The summed E-state index contributed by atoms with van der Waals surface area (Å²) in [4.78, 5) is 25.3. The van der Waals surface area contributed by atoms with Crippen LogP contribution in [-0.2, 0) is 4.79 Å². The highest BCUT2D eigenvalue weighted by Gasteiger charge is 2.21. The highest BCUT2D eigenvalue weighted by Crippen LogP contribution is 2.19. The third kappa shape index (κ3) is 4.42. The van der Waals surface area contributed by atoms with Gasteiger partial charge >= 0.3 is 0 Å². The SMILES string of the molecule is CN(C)C(=O)c1cc(NC(=O)C2CCNCC2)ccc1F.Cl. The average Bonchev–Trinajstić information content (AvgIpc) is 2.49. The fourth-order valence-corrected chi connectivity index (χ4v) is 2.34. The second-order valence-corrected chi connectivity index (χ2v) is 5.41. The third-order valence-corrected chi connectivity index (χ3v) is 3.58. The zero-order chi connectivity index (χ0) is 15.4. The van der Waals surface area contributed by atoms with Crippen LogP contribution in [0.5, 0.6) is 0 Å². The molecule has 2 amide bonds. The summed E-state index contributed by atoms with van der Waals surface area (Å²) in [6.07, 6.45) is 1.58. The van der Waals surface area contributed by atoms with Gasteiger partial charge in [-0.15, -0.1) is 12.4 Å². The molecule has 1 aromatic rings. The lowest BCUT2D eigenvalue weighted by atomic mass is 9.97. The van der Waals surface area contributed by atoms with E-state index in [2.05, 4.69) is 10.6 Å². The van der Waals surface area contributed by atoms with Crippen LogP contribution < -0.4 is 10.6 Å². The van der Waals surface area contributed by atoms with E-state index < -0.39 is 11.7 Å². The number of carbonyl (C=O) groups is 2. The average molecular weight is 330 g/mol. The molecule has 0 saturated carbocycles. The molecule has 2 N–H and O–H groups in total. The summed E-state index contributed by atoms with van der Waals surface area (Å²) in [7, 11) is 3.12. The minimum absolute atomic E-state index is 0. The van der Waals surface area contributed by atoms with Crippen molar-refractivity contribution in [2.45, 2.75) is 12.8 Å². The predicted octanol–water partition coefficient (Wildman–Crippen LogP) is 1.89. The van der Waals surface area contributed by atoms with Crippen molar-refractivity contribution in [3.8, 4) is 0 Å². The quantitative estimate of drug-likeness (QED) is 0.890. The summed E-state index contributed by atoms with van der Waals surface area (Å²) in [5.41, 5.74) is 0.410. The number of nitrogens with zero attached hydrogens (tertiary/aromatic N) is 1. The zero-order valence-electron chi connectivity index (χ0n) is 12.7. The summed E-state index contributed by atoms with van der Waals surface area (Å²) in [6.45, 7) is 1.65. The number of nitrogens with one attached hydrogen (secondary N) is 2. The van der Waals surface area contributed by atoms with Crippen molar-refractivity contribution in [1.82, 2.24) is 10.2 Å². The van der Waals surface area contributed by atoms with E-state index in [1.165, 1.54) is 23.1 Å². The molecule has 1 aliphatic heterocycles. The molecular formula is C15H21ClFN3O2. The number of rotatable bonds is 3. The lowest BCUT2D eigenvalue weighted by Gasteiger charge is -2.22. The van der Waals surface area contributed by atoms with Crippen molar-refractivity contribution in [2.75, 3.05) is 32.5 Å². The van der Waals surface area contributed by atoms with E-state index in [1.54, 1.807) is 14.1 Å². The Morgan fingerprint density at radius 1 is 1.27 bits per heavy atom. The number of benzene rings is 1. The second-order valence-electron chi connectivity index (χ2n) is 5.41. The first-order chi connectivity index (χ1) is 9.99. The number of amides is 2. The van der Waals surface area contributed by atoms with Crippen LogP contribution in [0.25, 0.3) is 0 Å². The summed E-state index contributed by atoms with van der Waals surface area (Å²) in [5.74, 6) is -1.13. The summed E-state index contributed by atoms with van der Waals surface area (Å²) >= 11 is 0. The van der Waals surface area contributed by atoms with E-state index in [9.17, 15) is 14.0 Å². The first kappa shape index (κ1) is 18.4. The van der Waals surface area contributed by atoms with Crippen LogP contribution in [0.15, 0.2) is 18.2 Å². The number of hydrogen-bond acceptors (Lipinski definition) is 3. The molecule has 0 radical (unpaired) electrons. The molecule has 7 heteroatoms. The van der Waals surface area contributed by atoms with Crippen LogP contribution in [0.3, 0.4) is 0 Å². The molecule has 1 heterocycles. The Hall–Kier alpha value is -1.66. The van der Waals surface area contributed by atoms with Crippen LogP contribution in [0.2, 0.25) is 0 Å². The van der Waals surface area contributed by atoms with E-state index >= 15 is 0 Å². The van der Waals surface area contributed by atoms with Gasteiger partial charge in [-0.1, -0.05) is 0 Å². The van der Waals surface area contributed by atoms with Gasteiger partial charge in [0.05, 0.1) is 5.56 Å². The topological polar surface area (TPSA) is 61.4 Å². The molecule has 0 bridgehead atoms. The molecular weight excluding hydrogens is 309 g/mol. The Labute approximate surface area is 135 Å². The molecule has 0 aliphatic carbocycles. The molecule has 2 rings (SSSR count). The van der Waals surface area contributed by atoms with Crippen molar-refractivity contribution < 1.29 is 14.0 Å². The maximum Gasteiger partial charge on any atom is 0.256 e. The van der Waals surface area contributed by atoms with Crippen molar-refractivity contribution in [2.24, 2.45) is 5.92 Å². The summed E-state index contributed by atoms with van der Waals surface area (Å²) in [6, 6.07) is 4.06. The lowest BCUT2D eigenvalue weighted by molar-refractivity contribution is -0.120. The van der Waals surface area contributed by atoms with Gasteiger partial charge in [-0.3, -0.25) is 9.59 Å². The van der Waals surface area contributed by atoms with Gasteiger partial charge in [0, 0.05) is 25.7 Å². The van der Waals surface area contributed by atoms with E-state index in [-0.39, 0.29) is 29.8 Å². The zero-order valence-corrected chi connectivity index (χ0v) is 13.5. The van der Waals surface area contributed by atoms with Gasteiger partial charge in [-0.25, -0.2) is 4.39 Å². The molecule has 0 atom stereocenters. The normalized spacial score (nSPS) is 14.9. The molecule has 0 spiro atoms. The van der Waals surface area contributed by atoms with Gasteiger partial charge < -0.3 is 15.5 Å². The second kappa shape index (κ2) is 8.10. The molecule has 1 aliphatic rings. The number of carbonyl (C=O) groups excluding carboxylic acids is 2. The Balaban J connectivity index is 0.00000242. The minimum Gasteiger partial charge on any atom is -0.345 e. The molecule has 1 aromatic carbocycles. The van der Waals surface area contributed by atoms with E-state index in [1.807, 2.05) is 0 Å². The van der Waals surface area contributed by atoms with E-state index in [4.69, 9.17) is 0 Å². The largest absolute Gasteiger partial charge is 0.345 e. The van der Waals surface area contributed by atoms with E-state index in [0.717, 1.165) is 25.9 Å². The van der Waals surface area contributed by atoms with Crippen LogP contribution >= 0.6 is 12.4 Å². The standard InChI is InChI=1S/C15H20FN3O2.ClH/c1-19(2)15(21)12-9-11(3-4-13(12)16)18-14(20)10-5-7-17-8-6-10;/h3-4,9-10,17H,5-8H2,1-2H3,(H,18,20);1H. The molecule has 1 fully saturated rings. The molecule has 0 unspecified atom stereocenters. The maximum atomic E-state index is 13.7. The molecule has 5 nitrogen and oxygen atoms in total. The Bertz CT molecular complexity index is 546. The van der Waals surface area contributed by atoms with Gasteiger partial charge in [0.25, 0.3) is 5.91 Å². The lowest BCUT2D eigenvalue weighted by Crippen LogP contribution is -2.34. The molecule has 0 aromatic heterocycles. The first-order valence-electron chi connectivity index (χ1n) is 7.02. The van der Waals surface area contributed by atoms with Gasteiger partial charge in [0.1, 0.15) is 5.82 Å². The predicted molar refractivity (Wildman–Crippen MR) is 85.9 cm³/mol. The Morgan fingerprint density at radius 3 is 2.50 bits per heavy atom. The number of hydrogen-bond donors (Lipinski definition) is 2. The molecule has 1 saturated heterocycles. The van der Waals surface area contributed by atoms with Gasteiger partial charge in [-0.2, -0.15) is 0 Å². The van der Waals surface area contributed by atoms with Gasteiger partial charge in [0.15, 0.2) is 0 Å². The van der Waals surface area contributed by atoms with E-state index in [0.29, 0.717) is 5.69 Å². The molecule has 122 valence electrons. The third-order valence-electron chi connectivity index (χ3n) is 3.58. The highest BCUT2D eigenvalue weighted by atomic mass is 35.5. The number of piperidine rings is 1. The van der Waals surface area contributed by atoms with Crippen molar-refractivity contribution in [3.05, 3.63) is 29.6 Å². The maximum absolute atomic E-state index is 13.7. The highest BCUT2D eigenvalue weighted by molar-refractivity contribution is 5.97. The minimum atomic E-state index is -0.589. The number of halogens is 2. The summed E-state index contributed by atoms with van der Waals surface area (Å²) in [5, 5.41) is 5.97. The summed E-state index contributed by atoms with van der Waals surface area (Å²) < 4.78 is 13.7. The van der Waals surface area contributed by atoms with Gasteiger partial charge in [0.2, 0.25) is 5.91 Å². The van der Waals surface area contributed by atoms with Crippen LogP contribution in [-0.4, -0.2) is 43.9 Å². The van der Waals surface area contributed by atoms with Crippen molar-refractivity contribution in [3.63, 3.8) is 0 Å². The van der Waals surface area contributed by atoms with Crippen LogP contribution in [0.4, 0.5) is 10.1 Å². The Morgan fingerprint density at radius 2 is 1.91 bits per heavy atom. The first-order valence-corrected chi connectivity index (χ1v) is 7.02. The fourth-order valence-electron chi connectivity index (χ4n) is 2.34. The van der Waals surface area contributed by atoms with Crippen LogP contribution in [0.1, 0.15) is 23.2 Å². The van der Waals surface area contributed by atoms with Gasteiger partial charge in [-0.05, 0) is 44.1 Å². The monoisotopic (exact) mass is 329 g/mol. The fraction of sp³-hybridized carbons (Fsp3) is 0.467. The number of anilines is 1. The van der Waals surface area contributed by atoms with Crippen molar-refractivity contribution >= 4 is 29.9 Å². The smallest absolute Gasteiger partial charge is 0.256 e. The van der Waals surface area contributed by atoms with Crippen LogP contribution in [0, 0.1) is 11.7 Å². The Kier molecular flexibility index (Phi) is 6.77. The molecule has 22 heavy (non-hydrogen) atoms.